The Morgan fingerprint density at radius 3 is 2.24 bits per heavy atom. The van der Waals surface area contributed by atoms with E-state index in [1.165, 1.54) is 10.3 Å². The molecule has 2 aromatic rings. The highest BCUT2D eigenvalue weighted by Gasteiger charge is 2.41. The van der Waals surface area contributed by atoms with Gasteiger partial charge in [0.05, 0.1) is 12.6 Å². The van der Waals surface area contributed by atoms with E-state index in [0.717, 1.165) is 50.1 Å². The van der Waals surface area contributed by atoms with Gasteiger partial charge in [-0.25, -0.2) is 0 Å². The number of para-hydroxylation sites is 1. The number of aliphatic hydroxyl groups excluding tert-OH is 1. The molecule has 29 heavy (non-hydrogen) atoms. The summed E-state index contributed by atoms with van der Waals surface area (Å²) in [4.78, 5) is 4.67. The van der Waals surface area contributed by atoms with E-state index in [1.54, 1.807) is 0 Å². The predicted octanol–water partition coefficient (Wildman–Crippen LogP) is 2.61. The van der Waals surface area contributed by atoms with Crippen molar-refractivity contribution in [2.24, 2.45) is 0 Å². The molecule has 2 unspecified atom stereocenters. The third kappa shape index (κ3) is 3.30. The molecule has 1 aliphatic heterocycles. The number of nitrogens with zero attached hydrogens (tertiary/aromatic N) is 3. The number of aromatic nitrogens is 1. The third-order valence-electron chi connectivity index (χ3n) is 6.68. The Bertz CT molecular complexity index is 872. The minimum absolute atomic E-state index is 0.125. The average molecular weight is 396 g/mol. The summed E-state index contributed by atoms with van der Waals surface area (Å²) in [6.07, 6.45) is 5.57. The van der Waals surface area contributed by atoms with Gasteiger partial charge in [0.15, 0.2) is 11.8 Å². The SMILES string of the molecule is Oc1c2c(c(O)n1CC(O)CN1CCCN(c3ccccc3)CC1)[C@H]1C=CC2C1. The largest absolute Gasteiger partial charge is 0.494 e. The molecule has 3 atom stereocenters. The number of β-amino-alcohol motifs (C(OH)–C–C–N with tert-alkyl or cyclic N) is 1. The number of rotatable bonds is 5. The van der Waals surface area contributed by atoms with Crippen molar-refractivity contribution in [1.29, 1.82) is 0 Å². The van der Waals surface area contributed by atoms with Crippen molar-refractivity contribution in [1.82, 2.24) is 9.47 Å². The van der Waals surface area contributed by atoms with Crippen molar-refractivity contribution in [2.45, 2.75) is 37.3 Å². The summed E-state index contributed by atoms with van der Waals surface area (Å²) in [6, 6.07) is 10.5. The Kier molecular flexibility index (Phi) is 4.76. The second kappa shape index (κ2) is 7.43. The van der Waals surface area contributed by atoms with Gasteiger partial charge >= 0.3 is 0 Å². The zero-order valence-corrected chi connectivity index (χ0v) is 16.6. The molecule has 3 N–H and O–H groups in total. The minimum atomic E-state index is -0.645. The molecule has 0 spiro atoms. The highest BCUT2D eigenvalue weighted by molar-refractivity contribution is 5.58. The molecule has 1 aromatic heterocycles. The molecular weight excluding hydrogens is 366 g/mol. The number of fused-ring (bicyclic) bond motifs is 5. The minimum Gasteiger partial charge on any atom is -0.494 e. The summed E-state index contributed by atoms with van der Waals surface area (Å²) in [6.45, 7) is 4.52. The van der Waals surface area contributed by atoms with Crippen LogP contribution >= 0.6 is 0 Å². The van der Waals surface area contributed by atoms with Crippen molar-refractivity contribution in [3.8, 4) is 11.8 Å². The highest BCUT2D eigenvalue weighted by atomic mass is 16.3. The van der Waals surface area contributed by atoms with Gasteiger partial charge in [-0.2, -0.15) is 0 Å². The summed E-state index contributed by atoms with van der Waals surface area (Å²) in [5, 5.41) is 32.0. The molecule has 2 aliphatic carbocycles. The Balaban J connectivity index is 1.22. The average Bonchev–Trinajstić information content (AvgIpc) is 3.35. The zero-order chi connectivity index (χ0) is 20.0. The maximum atomic E-state index is 10.7. The molecule has 2 bridgehead atoms. The van der Waals surface area contributed by atoms with E-state index in [9.17, 15) is 15.3 Å². The first-order chi connectivity index (χ1) is 14.1. The molecule has 6 nitrogen and oxygen atoms in total. The van der Waals surface area contributed by atoms with E-state index in [0.29, 0.717) is 6.54 Å². The van der Waals surface area contributed by atoms with Crippen LogP contribution in [0.4, 0.5) is 5.69 Å². The van der Waals surface area contributed by atoms with Crippen LogP contribution in [0, 0.1) is 0 Å². The lowest BCUT2D eigenvalue weighted by atomic mass is 10.0. The van der Waals surface area contributed by atoms with Crippen molar-refractivity contribution in [3.63, 3.8) is 0 Å². The standard InChI is InChI=1S/C23H29N3O3/c27-19(14-24-9-4-10-25(12-11-24)18-5-2-1-3-6-18)15-26-22(28)20-16-7-8-17(13-16)21(20)23(26)29/h1-3,5-8,16-17,19,27-29H,4,9-15H2/t16-,17?,19?/m0/s1. The first-order valence-electron chi connectivity index (χ1n) is 10.6. The van der Waals surface area contributed by atoms with Crippen LogP contribution in [0.25, 0.3) is 0 Å². The van der Waals surface area contributed by atoms with E-state index in [4.69, 9.17) is 0 Å². The van der Waals surface area contributed by atoms with Crippen LogP contribution in [0.1, 0.15) is 35.8 Å². The molecule has 1 saturated heterocycles. The molecule has 1 aromatic carbocycles. The Morgan fingerprint density at radius 2 is 1.55 bits per heavy atom. The fourth-order valence-electron chi connectivity index (χ4n) is 5.28. The number of hydrogen-bond acceptors (Lipinski definition) is 5. The van der Waals surface area contributed by atoms with Crippen LogP contribution in [0.5, 0.6) is 11.8 Å². The van der Waals surface area contributed by atoms with Crippen LogP contribution in [0.2, 0.25) is 0 Å². The van der Waals surface area contributed by atoms with Gasteiger partial charge in [-0.05, 0) is 31.5 Å². The summed E-state index contributed by atoms with van der Waals surface area (Å²) >= 11 is 0. The maximum absolute atomic E-state index is 10.7. The molecule has 154 valence electrons. The lowest BCUT2D eigenvalue weighted by Gasteiger charge is -2.25. The molecule has 1 fully saturated rings. The predicted molar refractivity (Wildman–Crippen MR) is 113 cm³/mol. The molecule has 6 heteroatoms. The summed E-state index contributed by atoms with van der Waals surface area (Å²) in [7, 11) is 0. The van der Waals surface area contributed by atoms with Gasteiger partial charge in [-0.15, -0.1) is 0 Å². The Morgan fingerprint density at radius 1 is 0.862 bits per heavy atom. The number of benzene rings is 1. The van der Waals surface area contributed by atoms with Gasteiger partial charge in [-0.3, -0.25) is 9.47 Å². The van der Waals surface area contributed by atoms with Crippen LogP contribution < -0.4 is 4.90 Å². The van der Waals surface area contributed by atoms with Gasteiger partial charge in [0.1, 0.15) is 0 Å². The number of hydrogen-bond donors (Lipinski definition) is 3. The van der Waals surface area contributed by atoms with Crippen LogP contribution in [-0.2, 0) is 6.54 Å². The Labute approximate surface area is 171 Å². The second-order valence-electron chi connectivity index (χ2n) is 8.55. The van der Waals surface area contributed by atoms with Crippen LogP contribution in [0.3, 0.4) is 0 Å². The number of allylic oxidation sites excluding steroid dienone is 2. The van der Waals surface area contributed by atoms with Crippen molar-refractivity contribution >= 4 is 5.69 Å². The van der Waals surface area contributed by atoms with Crippen molar-refractivity contribution in [3.05, 3.63) is 53.6 Å². The smallest absolute Gasteiger partial charge is 0.198 e. The molecule has 5 rings (SSSR count). The van der Waals surface area contributed by atoms with Crippen LogP contribution in [-0.4, -0.2) is 63.6 Å². The quantitative estimate of drug-likeness (QED) is 0.679. The first-order valence-corrected chi connectivity index (χ1v) is 10.6. The maximum Gasteiger partial charge on any atom is 0.198 e. The van der Waals surface area contributed by atoms with Gasteiger partial charge in [0.25, 0.3) is 0 Å². The highest BCUT2D eigenvalue weighted by Crippen LogP contribution is 2.56. The van der Waals surface area contributed by atoms with Gasteiger partial charge in [-0.1, -0.05) is 30.4 Å². The van der Waals surface area contributed by atoms with Gasteiger partial charge < -0.3 is 20.2 Å². The lowest BCUT2D eigenvalue weighted by molar-refractivity contribution is 0.0965. The van der Waals surface area contributed by atoms with E-state index >= 15 is 0 Å². The number of aromatic hydroxyl groups is 2. The van der Waals surface area contributed by atoms with E-state index in [2.05, 4.69) is 46.2 Å². The van der Waals surface area contributed by atoms with Gasteiger partial charge in [0, 0.05) is 54.8 Å². The number of anilines is 1. The molecule has 2 heterocycles. The first kappa shape index (κ1) is 18.6. The van der Waals surface area contributed by atoms with Crippen LogP contribution in [0.15, 0.2) is 42.5 Å². The molecule has 3 aliphatic rings. The molecular formula is C23H29N3O3. The second-order valence-corrected chi connectivity index (χ2v) is 8.55. The third-order valence-corrected chi connectivity index (χ3v) is 6.68. The van der Waals surface area contributed by atoms with Crippen molar-refractivity contribution < 1.29 is 15.3 Å². The molecule has 0 radical (unpaired) electrons. The Hall–Kier alpha value is -2.44. The fourth-order valence-corrected chi connectivity index (χ4v) is 5.28. The van der Waals surface area contributed by atoms with E-state index in [1.807, 2.05) is 6.07 Å². The normalized spacial score (nSPS) is 24.7. The van der Waals surface area contributed by atoms with E-state index < -0.39 is 6.10 Å². The fraction of sp³-hybridized carbons (Fsp3) is 0.478. The lowest BCUT2D eigenvalue weighted by Crippen LogP contribution is -2.37. The molecule has 0 amide bonds. The topological polar surface area (TPSA) is 72.1 Å². The monoisotopic (exact) mass is 395 g/mol. The van der Waals surface area contributed by atoms with Crippen molar-refractivity contribution in [2.75, 3.05) is 37.6 Å². The summed E-state index contributed by atoms with van der Waals surface area (Å²) < 4.78 is 1.50. The van der Waals surface area contributed by atoms with Gasteiger partial charge in [0.2, 0.25) is 0 Å². The zero-order valence-electron chi connectivity index (χ0n) is 16.6. The number of aliphatic hydroxyl groups is 1. The summed E-state index contributed by atoms with van der Waals surface area (Å²) in [5.74, 6) is 0.654. The summed E-state index contributed by atoms with van der Waals surface area (Å²) in [5.41, 5.74) is 2.96. The van der Waals surface area contributed by atoms with E-state index in [-0.39, 0.29) is 30.1 Å². The molecule has 0 saturated carbocycles.